The van der Waals surface area contributed by atoms with E-state index >= 15 is 0 Å². The fourth-order valence-electron chi connectivity index (χ4n) is 3.20. The lowest BCUT2D eigenvalue weighted by molar-refractivity contribution is 0.0242. The summed E-state index contributed by atoms with van der Waals surface area (Å²) in [7, 11) is 0. The van der Waals surface area contributed by atoms with Crippen LogP contribution in [0.3, 0.4) is 0 Å². The minimum atomic E-state index is -0.405. The fraction of sp³-hybridized carbons (Fsp3) is 0.938. The highest BCUT2D eigenvalue weighted by atomic mass is 16.6. The minimum absolute atomic E-state index is 0.155. The molecule has 2 fully saturated rings. The first-order valence-electron chi connectivity index (χ1n) is 8.18. The summed E-state index contributed by atoms with van der Waals surface area (Å²) in [5.74, 6) is 0. The molecule has 116 valence electrons. The predicted octanol–water partition coefficient (Wildman–Crippen LogP) is 3.31. The lowest BCUT2D eigenvalue weighted by atomic mass is 10.1. The maximum absolute atomic E-state index is 12.2. The smallest absolute Gasteiger partial charge is 0.410 e. The van der Waals surface area contributed by atoms with E-state index in [0.717, 1.165) is 19.5 Å². The first-order valence-corrected chi connectivity index (χ1v) is 8.18. The molecule has 0 radical (unpaired) electrons. The fourth-order valence-corrected chi connectivity index (χ4v) is 3.20. The summed E-state index contributed by atoms with van der Waals surface area (Å²) in [6.45, 7) is 7.41. The Labute approximate surface area is 123 Å². The van der Waals surface area contributed by atoms with E-state index in [0.29, 0.717) is 12.1 Å². The summed E-state index contributed by atoms with van der Waals surface area (Å²) >= 11 is 0. The zero-order valence-electron chi connectivity index (χ0n) is 13.3. The summed E-state index contributed by atoms with van der Waals surface area (Å²) < 4.78 is 5.51. The van der Waals surface area contributed by atoms with Crippen molar-refractivity contribution in [2.75, 3.05) is 13.1 Å². The van der Waals surface area contributed by atoms with Crippen LogP contribution in [-0.2, 0) is 4.74 Å². The summed E-state index contributed by atoms with van der Waals surface area (Å²) in [5, 5.41) is 3.76. The van der Waals surface area contributed by atoms with Gasteiger partial charge in [-0.3, -0.25) is 0 Å². The molecule has 1 atom stereocenters. The molecule has 0 spiro atoms. The maximum atomic E-state index is 12.2. The predicted molar refractivity (Wildman–Crippen MR) is 80.8 cm³/mol. The van der Waals surface area contributed by atoms with Crippen LogP contribution in [0.4, 0.5) is 4.79 Å². The van der Waals surface area contributed by atoms with Gasteiger partial charge in [0.2, 0.25) is 0 Å². The van der Waals surface area contributed by atoms with Gasteiger partial charge in [-0.2, -0.15) is 0 Å². The molecule has 2 aliphatic rings. The molecule has 1 aliphatic carbocycles. The summed E-state index contributed by atoms with van der Waals surface area (Å²) in [6.07, 6.45) is 8.59. The van der Waals surface area contributed by atoms with Crippen LogP contribution in [0.25, 0.3) is 0 Å². The molecule has 1 saturated heterocycles. The molecule has 1 aliphatic heterocycles. The number of carbonyl (C=O) groups is 1. The molecule has 4 heteroatoms. The molecular formula is C16H30N2O2. The van der Waals surface area contributed by atoms with Crippen molar-refractivity contribution in [3.05, 3.63) is 0 Å². The van der Waals surface area contributed by atoms with Crippen LogP contribution in [0.5, 0.6) is 0 Å². The quantitative estimate of drug-likeness (QED) is 0.845. The molecule has 1 N–H and O–H groups in total. The van der Waals surface area contributed by atoms with E-state index in [-0.39, 0.29) is 6.09 Å². The standard InChI is InChI=1S/C16H30N2O2/c1-16(2,3)20-15(19)18-11-7-6-10-14(12-18)17-13-8-4-5-9-13/h13-14,17H,4-12H2,1-3H3. The Morgan fingerprint density at radius 3 is 2.30 bits per heavy atom. The first kappa shape index (κ1) is 15.6. The second-order valence-corrected chi connectivity index (χ2v) is 7.27. The molecule has 1 saturated carbocycles. The van der Waals surface area contributed by atoms with E-state index in [2.05, 4.69) is 5.32 Å². The Morgan fingerprint density at radius 2 is 1.65 bits per heavy atom. The van der Waals surface area contributed by atoms with Crippen molar-refractivity contribution in [2.45, 2.75) is 83.4 Å². The number of amides is 1. The number of hydrogen-bond acceptors (Lipinski definition) is 3. The van der Waals surface area contributed by atoms with Crippen molar-refractivity contribution in [1.82, 2.24) is 10.2 Å². The lowest BCUT2D eigenvalue weighted by Crippen LogP contribution is -2.46. The Kier molecular flexibility index (Phi) is 5.30. The van der Waals surface area contributed by atoms with E-state index < -0.39 is 5.60 Å². The number of carbonyl (C=O) groups excluding carboxylic acids is 1. The zero-order valence-corrected chi connectivity index (χ0v) is 13.3. The Balaban J connectivity index is 1.87. The van der Waals surface area contributed by atoms with Crippen LogP contribution in [0.2, 0.25) is 0 Å². The lowest BCUT2D eigenvalue weighted by Gasteiger charge is -2.29. The van der Waals surface area contributed by atoms with E-state index in [1.165, 1.54) is 38.5 Å². The van der Waals surface area contributed by atoms with Gasteiger partial charge in [-0.25, -0.2) is 4.79 Å². The molecule has 2 rings (SSSR count). The number of hydrogen-bond donors (Lipinski definition) is 1. The Bertz CT molecular complexity index is 319. The molecule has 0 aromatic heterocycles. The van der Waals surface area contributed by atoms with Crippen LogP contribution in [0.15, 0.2) is 0 Å². The van der Waals surface area contributed by atoms with E-state index in [1.54, 1.807) is 0 Å². The normalized spacial score (nSPS) is 25.6. The van der Waals surface area contributed by atoms with Crippen molar-refractivity contribution in [3.63, 3.8) is 0 Å². The number of rotatable bonds is 2. The van der Waals surface area contributed by atoms with Gasteiger partial charge in [0.05, 0.1) is 0 Å². The van der Waals surface area contributed by atoms with Gasteiger partial charge in [0.15, 0.2) is 0 Å². The molecular weight excluding hydrogens is 252 g/mol. The van der Waals surface area contributed by atoms with E-state index in [4.69, 9.17) is 4.74 Å². The average Bonchev–Trinajstić information content (AvgIpc) is 2.71. The van der Waals surface area contributed by atoms with Gasteiger partial charge in [0.1, 0.15) is 5.60 Å². The highest BCUT2D eigenvalue weighted by molar-refractivity contribution is 5.68. The summed E-state index contributed by atoms with van der Waals surface area (Å²) in [5.41, 5.74) is -0.405. The second kappa shape index (κ2) is 6.79. The van der Waals surface area contributed by atoms with E-state index in [1.807, 2.05) is 25.7 Å². The third kappa shape index (κ3) is 4.97. The van der Waals surface area contributed by atoms with E-state index in [9.17, 15) is 4.79 Å². The summed E-state index contributed by atoms with van der Waals surface area (Å²) in [6, 6.07) is 1.10. The van der Waals surface area contributed by atoms with Gasteiger partial charge in [0, 0.05) is 25.2 Å². The molecule has 1 unspecified atom stereocenters. The van der Waals surface area contributed by atoms with Gasteiger partial charge >= 0.3 is 6.09 Å². The molecule has 0 aromatic carbocycles. The van der Waals surface area contributed by atoms with Gasteiger partial charge in [0.25, 0.3) is 0 Å². The number of ether oxygens (including phenoxy) is 1. The maximum Gasteiger partial charge on any atom is 0.410 e. The number of nitrogens with zero attached hydrogens (tertiary/aromatic N) is 1. The average molecular weight is 282 g/mol. The zero-order chi connectivity index (χ0) is 14.6. The molecule has 0 bridgehead atoms. The van der Waals surface area contributed by atoms with Crippen LogP contribution >= 0.6 is 0 Å². The Hall–Kier alpha value is -0.770. The SMILES string of the molecule is CC(C)(C)OC(=O)N1CCCCC(NC2CCCC2)C1. The monoisotopic (exact) mass is 282 g/mol. The van der Waals surface area contributed by atoms with Crippen molar-refractivity contribution >= 4 is 6.09 Å². The highest BCUT2D eigenvalue weighted by Crippen LogP contribution is 2.21. The second-order valence-electron chi connectivity index (χ2n) is 7.27. The van der Waals surface area contributed by atoms with Gasteiger partial charge < -0.3 is 15.0 Å². The highest BCUT2D eigenvalue weighted by Gasteiger charge is 2.27. The summed E-state index contributed by atoms with van der Waals surface area (Å²) in [4.78, 5) is 14.1. The van der Waals surface area contributed by atoms with Crippen LogP contribution < -0.4 is 5.32 Å². The Morgan fingerprint density at radius 1 is 1.05 bits per heavy atom. The molecule has 20 heavy (non-hydrogen) atoms. The van der Waals surface area contributed by atoms with Crippen LogP contribution in [-0.4, -0.2) is 41.8 Å². The molecule has 1 amide bonds. The van der Waals surface area contributed by atoms with Crippen molar-refractivity contribution in [2.24, 2.45) is 0 Å². The van der Waals surface area contributed by atoms with Crippen LogP contribution in [0.1, 0.15) is 65.7 Å². The van der Waals surface area contributed by atoms with Gasteiger partial charge in [-0.15, -0.1) is 0 Å². The largest absolute Gasteiger partial charge is 0.444 e. The number of likely N-dealkylation sites (tertiary alicyclic amines) is 1. The minimum Gasteiger partial charge on any atom is -0.444 e. The van der Waals surface area contributed by atoms with Gasteiger partial charge in [-0.05, 0) is 46.5 Å². The third-order valence-electron chi connectivity index (χ3n) is 4.15. The number of nitrogens with one attached hydrogen (secondary N) is 1. The molecule has 0 aromatic rings. The van der Waals surface area contributed by atoms with Crippen molar-refractivity contribution in [1.29, 1.82) is 0 Å². The first-order chi connectivity index (χ1) is 9.44. The third-order valence-corrected chi connectivity index (χ3v) is 4.15. The van der Waals surface area contributed by atoms with Crippen molar-refractivity contribution in [3.8, 4) is 0 Å². The van der Waals surface area contributed by atoms with Crippen LogP contribution in [0, 0.1) is 0 Å². The van der Waals surface area contributed by atoms with Gasteiger partial charge in [-0.1, -0.05) is 19.3 Å². The molecule has 1 heterocycles. The van der Waals surface area contributed by atoms with Crippen molar-refractivity contribution < 1.29 is 9.53 Å². The molecule has 4 nitrogen and oxygen atoms in total. The topological polar surface area (TPSA) is 41.6 Å².